The summed E-state index contributed by atoms with van der Waals surface area (Å²) in [6.07, 6.45) is 5.87. The molecule has 0 spiro atoms. The Balaban J connectivity index is 2.22. The summed E-state index contributed by atoms with van der Waals surface area (Å²) in [4.78, 5) is 8.13. The van der Waals surface area contributed by atoms with E-state index < -0.39 is 0 Å². The Hall–Kier alpha value is -1.62. The van der Waals surface area contributed by atoms with Crippen molar-refractivity contribution in [2.45, 2.75) is 13.3 Å². The van der Waals surface area contributed by atoms with Crippen LogP contribution >= 0.6 is 11.6 Å². The SMILES string of the molecule is CCc1nn(C)cc1Nc1ncc(Cl)cn1. The van der Waals surface area contributed by atoms with Crippen LogP contribution in [-0.4, -0.2) is 19.7 Å². The number of anilines is 2. The Morgan fingerprint density at radius 1 is 1.38 bits per heavy atom. The number of aryl methyl sites for hydroxylation is 2. The summed E-state index contributed by atoms with van der Waals surface area (Å²) in [7, 11) is 1.88. The van der Waals surface area contributed by atoms with Crippen molar-refractivity contribution in [3.63, 3.8) is 0 Å². The van der Waals surface area contributed by atoms with Gasteiger partial charge in [0.15, 0.2) is 0 Å². The van der Waals surface area contributed by atoms with E-state index in [2.05, 4.69) is 27.3 Å². The van der Waals surface area contributed by atoms with Crippen molar-refractivity contribution in [3.05, 3.63) is 29.3 Å². The molecule has 2 aromatic rings. The van der Waals surface area contributed by atoms with Gasteiger partial charge in [-0.05, 0) is 6.42 Å². The molecule has 2 aromatic heterocycles. The van der Waals surface area contributed by atoms with Gasteiger partial charge in [0.25, 0.3) is 0 Å². The molecule has 0 atom stereocenters. The molecule has 0 aliphatic rings. The van der Waals surface area contributed by atoms with Crippen LogP contribution in [0.3, 0.4) is 0 Å². The van der Waals surface area contributed by atoms with Crippen LogP contribution < -0.4 is 5.32 Å². The number of hydrogen-bond acceptors (Lipinski definition) is 4. The Morgan fingerprint density at radius 3 is 2.69 bits per heavy atom. The fourth-order valence-electron chi connectivity index (χ4n) is 1.40. The van der Waals surface area contributed by atoms with E-state index in [9.17, 15) is 0 Å². The molecule has 0 unspecified atom stereocenters. The van der Waals surface area contributed by atoms with Crippen molar-refractivity contribution in [2.24, 2.45) is 7.05 Å². The molecule has 0 saturated heterocycles. The number of aromatic nitrogens is 4. The highest BCUT2D eigenvalue weighted by atomic mass is 35.5. The fraction of sp³-hybridized carbons (Fsp3) is 0.300. The van der Waals surface area contributed by atoms with Crippen molar-refractivity contribution in [3.8, 4) is 0 Å². The maximum atomic E-state index is 5.71. The lowest BCUT2D eigenvalue weighted by atomic mass is 10.3. The van der Waals surface area contributed by atoms with Gasteiger partial charge in [-0.15, -0.1) is 0 Å². The van der Waals surface area contributed by atoms with Crippen LogP contribution in [0.15, 0.2) is 18.6 Å². The van der Waals surface area contributed by atoms with Gasteiger partial charge in [0.1, 0.15) is 0 Å². The number of halogens is 1. The molecule has 0 radical (unpaired) electrons. The molecule has 0 aliphatic carbocycles. The van der Waals surface area contributed by atoms with E-state index in [0.29, 0.717) is 11.0 Å². The van der Waals surface area contributed by atoms with Crippen LogP contribution in [0.1, 0.15) is 12.6 Å². The molecule has 0 saturated carbocycles. The van der Waals surface area contributed by atoms with Crippen molar-refractivity contribution in [1.29, 1.82) is 0 Å². The quantitative estimate of drug-likeness (QED) is 0.889. The molecule has 0 aliphatic heterocycles. The van der Waals surface area contributed by atoms with Gasteiger partial charge in [-0.3, -0.25) is 4.68 Å². The first-order chi connectivity index (χ1) is 7.69. The summed E-state index contributed by atoms with van der Waals surface area (Å²) in [5.41, 5.74) is 1.91. The predicted octanol–water partition coefficient (Wildman–Crippen LogP) is 2.17. The minimum absolute atomic E-state index is 0.520. The van der Waals surface area contributed by atoms with Crippen LogP contribution in [0.5, 0.6) is 0 Å². The molecule has 16 heavy (non-hydrogen) atoms. The predicted molar refractivity (Wildman–Crippen MR) is 62.9 cm³/mol. The third-order valence-corrected chi connectivity index (χ3v) is 2.30. The average Bonchev–Trinajstić information content (AvgIpc) is 2.62. The van der Waals surface area contributed by atoms with Gasteiger partial charge >= 0.3 is 0 Å². The van der Waals surface area contributed by atoms with Crippen LogP contribution in [-0.2, 0) is 13.5 Å². The number of hydrogen-bond donors (Lipinski definition) is 1. The summed E-state index contributed by atoms with van der Waals surface area (Å²) < 4.78 is 1.76. The first kappa shape index (κ1) is 10.9. The fourth-order valence-corrected chi connectivity index (χ4v) is 1.49. The molecular formula is C10H12ClN5. The topological polar surface area (TPSA) is 55.6 Å². The molecule has 2 rings (SSSR count). The first-order valence-corrected chi connectivity index (χ1v) is 5.34. The van der Waals surface area contributed by atoms with E-state index >= 15 is 0 Å². The van der Waals surface area contributed by atoms with E-state index in [4.69, 9.17) is 11.6 Å². The molecule has 0 bridgehead atoms. The average molecular weight is 238 g/mol. The Bertz CT molecular complexity index is 476. The van der Waals surface area contributed by atoms with Gasteiger partial charge in [0.2, 0.25) is 5.95 Å². The highest BCUT2D eigenvalue weighted by Gasteiger charge is 2.06. The van der Waals surface area contributed by atoms with Gasteiger partial charge in [0.05, 0.1) is 28.8 Å². The zero-order valence-electron chi connectivity index (χ0n) is 9.11. The second kappa shape index (κ2) is 4.49. The van der Waals surface area contributed by atoms with E-state index in [1.807, 2.05) is 13.2 Å². The molecule has 84 valence electrons. The third-order valence-electron chi connectivity index (χ3n) is 2.11. The van der Waals surface area contributed by atoms with Gasteiger partial charge in [0, 0.05) is 13.2 Å². The zero-order chi connectivity index (χ0) is 11.5. The van der Waals surface area contributed by atoms with E-state index in [1.54, 1.807) is 17.1 Å². The lowest BCUT2D eigenvalue weighted by Gasteiger charge is -2.02. The summed E-state index contributed by atoms with van der Waals surface area (Å²) >= 11 is 5.71. The van der Waals surface area contributed by atoms with Gasteiger partial charge in [-0.25, -0.2) is 9.97 Å². The highest BCUT2D eigenvalue weighted by molar-refractivity contribution is 6.30. The van der Waals surface area contributed by atoms with Gasteiger partial charge < -0.3 is 5.32 Å². The van der Waals surface area contributed by atoms with Crippen molar-refractivity contribution >= 4 is 23.2 Å². The molecule has 6 heteroatoms. The Kier molecular flexibility index (Phi) is 3.05. The standard InChI is InChI=1S/C10H12ClN5/c1-3-8-9(6-16(2)15-8)14-10-12-4-7(11)5-13-10/h4-6H,3H2,1-2H3,(H,12,13,14). The largest absolute Gasteiger partial charge is 0.321 e. The van der Waals surface area contributed by atoms with E-state index in [1.165, 1.54) is 0 Å². The number of rotatable bonds is 3. The summed E-state index contributed by atoms with van der Waals surface area (Å²) in [6.45, 7) is 2.05. The number of nitrogens with zero attached hydrogens (tertiary/aromatic N) is 4. The molecule has 1 N–H and O–H groups in total. The minimum Gasteiger partial charge on any atom is -0.321 e. The van der Waals surface area contributed by atoms with Crippen LogP contribution in [0, 0.1) is 0 Å². The lowest BCUT2D eigenvalue weighted by molar-refractivity contribution is 0.746. The Labute approximate surface area is 98.5 Å². The van der Waals surface area contributed by atoms with Crippen LogP contribution in [0.2, 0.25) is 5.02 Å². The minimum atomic E-state index is 0.520. The van der Waals surface area contributed by atoms with Crippen molar-refractivity contribution < 1.29 is 0 Å². The second-order valence-electron chi connectivity index (χ2n) is 3.37. The van der Waals surface area contributed by atoms with Crippen molar-refractivity contribution in [1.82, 2.24) is 19.7 Å². The molecule has 2 heterocycles. The maximum absolute atomic E-state index is 5.71. The second-order valence-corrected chi connectivity index (χ2v) is 3.80. The zero-order valence-corrected chi connectivity index (χ0v) is 9.86. The molecule has 5 nitrogen and oxygen atoms in total. The van der Waals surface area contributed by atoms with E-state index in [0.717, 1.165) is 17.8 Å². The molecule has 0 fully saturated rings. The maximum Gasteiger partial charge on any atom is 0.227 e. The first-order valence-electron chi connectivity index (χ1n) is 4.96. The summed E-state index contributed by atoms with van der Waals surface area (Å²) in [6, 6.07) is 0. The summed E-state index contributed by atoms with van der Waals surface area (Å²) in [5, 5.41) is 7.94. The highest BCUT2D eigenvalue weighted by Crippen LogP contribution is 2.17. The van der Waals surface area contributed by atoms with Gasteiger partial charge in [-0.2, -0.15) is 5.10 Å². The van der Waals surface area contributed by atoms with Crippen LogP contribution in [0.4, 0.5) is 11.6 Å². The van der Waals surface area contributed by atoms with Crippen LogP contribution in [0.25, 0.3) is 0 Å². The van der Waals surface area contributed by atoms with E-state index in [-0.39, 0.29) is 0 Å². The molecule has 0 amide bonds. The summed E-state index contributed by atoms with van der Waals surface area (Å²) in [5.74, 6) is 0.520. The smallest absolute Gasteiger partial charge is 0.227 e. The molecule has 0 aromatic carbocycles. The monoisotopic (exact) mass is 237 g/mol. The third kappa shape index (κ3) is 2.30. The lowest BCUT2D eigenvalue weighted by Crippen LogP contribution is -1.97. The number of nitrogens with one attached hydrogen (secondary N) is 1. The molecular weight excluding hydrogens is 226 g/mol. The Morgan fingerprint density at radius 2 is 2.06 bits per heavy atom. The van der Waals surface area contributed by atoms with Gasteiger partial charge in [-0.1, -0.05) is 18.5 Å². The normalized spacial score (nSPS) is 10.4. The van der Waals surface area contributed by atoms with Crippen molar-refractivity contribution in [2.75, 3.05) is 5.32 Å².